The van der Waals surface area contributed by atoms with E-state index in [2.05, 4.69) is 9.97 Å². The maximum Gasteiger partial charge on any atom is 0.407 e. The first kappa shape index (κ1) is 14.5. The quantitative estimate of drug-likeness (QED) is 0.872. The number of carbonyl (C=O) groups is 2. The lowest BCUT2D eigenvalue weighted by molar-refractivity contribution is -0.128. The molecule has 1 saturated heterocycles. The lowest BCUT2D eigenvalue weighted by Gasteiger charge is -2.45. The number of H-pyrrole nitrogens is 1. The number of carbonyl (C=O) groups excluding carboxylic acids is 1. The number of aromatic nitrogens is 2. The molecule has 3 heterocycles. The first-order valence-electron chi connectivity index (χ1n) is 8.54. The number of para-hydroxylation sites is 1. The molecule has 0 unspecified atom stereocenters. The van der Waals surface area contributed by atoms with Crippen LogP contribution < -0.4 is 4.90 Å². The van der Waals surface area contributed by atoms with Gasteiger partial charge in [0.05, 0.1) is 12.2 Å². The second kappa shape index (κ2) is 4.84. The minimum atomic E-state index is -0.975. The third-order valence-electron chi connectivity index (χ3n) is 5.62. The van der Waals surface area contributed by atoms with E-state index in [1.54, 1.807) is 4.90 Å². The number of imidazole rings is 1. The van der Waals surface area contributed by atoms with Gasteiger partial charge in [0.25, 0.3) is 0 Å². The van der Waals surface area contributed by atoms with Gasteiger partial charge in [-0.15, -0.1) is 0 Å². The van der Waals surface area contributed by atoms with Crippen LogP contribution in [0.25, 0.3) is 0 Å². The maximum absolute atomic E-state index is 13.2. The molecule has 0 bridgehead atoms. The van der Waals surface area contributed by atoms with Gasteiger partial charge in [-0.3, -0.25) is 4.79 Å². The molecular weight excluding hydrogens is 320 g/mol. The summed E-state index contributed by atoms with van der Waals surface area (Å²) in [6.45, 7) is 0.852. The zero-order valence-corrected chi connectivity index (χ0v) is 13.7. The van der Waals surface area contributed by atoms with Crippen LogP contribution in [-0.4, -0.2) is 45.1 Å². The fourth-order valence-corrected chi connectivity index (χ4v) is 4.38. The summed E-state index contributed by atoms with van der Waals surface area (Å²) in [6.07, 6.45) is 2.17. The minimum absolute atomic E-state index is 0.0252. The van der Waals surface area contributed by atoms with Crippen LogP contribution in [-0.2, 0) is 29.6 Å². The number of anilines is 1. The number of aromatic amines is 1. The van der Waals surface area contributed by atoms with Gasteiger partial charge in [-0.2, -0.15) is 0 Å². The van der Waals surface area contributed by atoms with E-state index in [0.29, 0.717) is 6.54 Å². The molecule has 1 spiro atoms. The number of hydrogen-bond donors (Lipinski definition) is 2. The zero-order chi connectivity index (χ0) is 17.2. The molecule has 0 radical (unpaired) electrons. The van der Waals surface area contributed by atoms with Crippen molar-refractivity contribution >= 4 is 17.7 Å². The Kier molecular flexibility index (Phi) is 2.81. The minimum Gasteiger partial charge on any atom is -0.465 e. The number of rotatable bonds is 2. The van der Waals surface area contributed by atoms with Crippen LogP contribution in [0.4, 0.5) is 10.5 Å². The SMILES string of the molecule is O=C(O)N1CC2(C1)C(=O)N(Cc1nc3c([nH]1)CCC3)c1ccccc12. The highest BCUT2D eigenvalue weighted by atomic mass is 16.4. The highest BCUT2D eigenvalue weighted by Crippen LogP contribution is 2.47. The standard InChI is InChI=1S/C18H18N4O3/c23-16-18(9-21(10-18)17(24)25)11-4-1-2-7-14(11)22(16)8-15-19-12-5-3-6-13(12)20-15/h1-2,4,7H,3,5-6,8-10H2,(H,19,20)(H,24,25). The summed E-state index contributed by atoms with van der Waals surface area (Å²) in [5.41, 5.74) is 3.37. The summed E-state index contributed by atoms with van der Waals surface area (Å²) < 4.78 is 0. The molecule has 2 N–H and O–H groups in total. The molecule has 25 heavy (non-hydrogen) atoms. The molecule has 0 saturated carbocycles. The lowest BCUT2D eigenvalue weighted by atomic mass is 9.75. The predicted molar refractivity (Wildman–Crippen MR) is 89.5 cm³/mol. The molecule has 1 fully saturated rings. The van der Waals surface area contributed by atoms with E-state index in [4.69, 9.17) is 5.11 Å². The zero-order valence-electron chi connectivity index (χ0n) is 13.7. The molecule has 1 aromatic carbocycles. The molecule has 128 valence electrons. The Bertz CT molecular complexity index is 876. The molecule has 2 aromatic rings. The second-order valence-corrected chi connectivity index (χ2v) is 7.09. The third kappa shape index (κ3) is 1.89. The molecular formula is C18H18N4O3. The van der Waals surface area contributed by atoms with Gasteiger partial charge in [0.1, 0.15) is 11.2 Å². The molecule has 7 heteroatoms. The Morgan fingerprint density at radius 1 is 1.28 bits per heavy atom. The normalized spacial score (nSPS) is 19.9. The van der Waals surface area contributed by atoms with Crippen molar-refractivity contribution in [1.82, 2.24) is 14.9 Å². The van der Waals surface area contributed by atoms with Crippen molar-refractivity contribution in [2.45, 2.75) is 31.2 Å². The monoisotopic (exact) mass is 338 g/mol. The predicted octanol–water partition coefficient (Wildman–Crippen LogP) is 1.68. The average molecular weight is 338 g/mol. The van der Waals surface area contributed by atoms with Crippen LogP contribution in [0.3, 0.4) is 0 Å². The van der Waals surface area contributed by atoms with Gasteiger partial charge in [0, 0.05) is 24.5 Å². The van der Waals surface area contributed by atoms with Gasteiger partial charge < -0.3 is 19.9 Å². The van der Waals surface area contributed by atoms with Crippen molar-refractivity contribution in [2.75, 3.05) is 18.0 Å². The van der Waals surface area contributed by atoms with Crippen molar-refractivity contribution < 1.29 is 14.7 Å². The summed E-state index contributed by atoms with van der Waals surface area (Å²) in [7, 11) is 0. The molecule has 1 aliphatic carbocycles. The number of amides is 2. The van der Waals surface area contributed by atoms with E-state index in [-0.39, 0.29) is 19.0 Å². The van der Waals surface area contributed by atoms with Crippen molar-refractivity contribution in [2.24, 2.45) is 0 Å². The van der Waals surface area contributed by atoms with Crippen molar-refractivity contribution in [1.29, 1.82) is 0 Å². The first-order chi connectivity index (χ1) is 12.1. The summed E-state index contributed by atoms with van der Waals surface area (Å²) in [4.78, 5) is 35.4. The number of likely N-dealkylation sites (tertiary alicyclic amines) is 1. The lowest BCUT2D eigenvalue weighted by Crippen LogP contribution is -2.65. The van der Waals surface area contributed by atoms with Gasteiger partial charge in [0.2, 0.25) is 5.91 Å². The molecule has 0 atom stereocenters. The van der Waals surface area contributed by atoms with E-state index in [1.165, 1.54) is 10.6 Å². The van der Waals surface area contributed by atoms with E-state index in [9.17, 15) is 9.59 Å². The van der Waals surface area contributed by atoms with Crippen molar-refractivity contribution in [3.8, 4) is 0 Å². The number of benzene rings is 1. The number of nitrogens with one attached hydrogen (secondary N) is 1. The number of nitrogens with zero attached hydrogens (tertiary/aromatic N) is 3. The van der Waals surface area contributed by atoms with E-state index >= 15 is 0 Å². The average Bonchev–Trinajstić information content (AvgIpc) is 3.18. The van der Waals surface area contributed by atoms with Crippen LogP contribution in [0.2, 0.25) is 0 Å². The van der Waals surface area contributed by atoms with E-state index < -0.39 is 11.5 Å². The molecule has 5 rings (SSSR count). The second-order valence-electron chi connectivity index (χ2n) is 7.09. The topological polar surface area (TPSA) is 89.5 Å². The molecule has 1 aromatic heterocycles. The van der Waals surface area contributed by atoms with E-state index in [1.807, 2.05) is 24.3 Å². The van der Waals surface area contributed by atoms with Crippen LogP contribution in [0, 0.1) is 0 Å². The Labute approximate surface area is 144 Å². The fraction of sp³-hybridized carbons (Fsp3) is 0.389. The molecule has 2 aliphatic heterocycles. The highest BCUT2D eigenvalue weighted by Gasteiger charge is 2.59. The maximum atomic E-state index is 13.2. The fourth-order valence-electron chi connectivity index (χ4n) is 4.38. The van der Waals surface area contributed by atoms with Crippen LogP contribution >= 0.6 is 0 Å². The Balaban J connectivity index is 1.48. The Morgan fingerprint density at radius 2 is 2.08 bits per heavy atom. The number of carboxylic acid groups (broad SMARTS) is 1. The first-order valence-corrected chi connectivity index (χ1v) is 8.54. The highest BCUT2D eigenvalue weighted by molar-refractivity contribution is 6.09. The van der Waals surface area contributed by atoms with Gasteiger partial charge in [-0.05, 0) is 30.9 Å². The largest absolute Gasteiger partial charge is 0.465 e. The number of hydrogen-bond acceptors (Lipinski definition) is 3. The van der Waals surface area contributed by atoms with Crippen molar-refractivity contribution in [3.63, 3.8) is 0 Å². The summed E-state index contributed by atoms with van der Waals surface area (Å²) >= 11 is 0. The van der Waals surface area contributed by atoms with Crippen LogP contribution in [0.15, 0.2) is 24.3 Å². The van der Waals surface area contributed by atoms with Gasteiger partial charge in [-0.25, -0.2) is 9.78 Å². The van der Waals surface area contributed by atoms with Crippen molar-refractivity contribution in [3.05, 3.63) is 47.0 Å². The Morgan fingerprint density at radius 3 is 2.84 bits per heavy atom. The van der Waals surface area contributed by atoms with Crippen LogP contribution in [0.1, 0.15) is 29.2 Å². The van der Waals surface area contributed by atoms with Gasteiger partial charge in [0.15, 0.2) is 0 Å². The third-order valence-corrected chi connectivity index (χ3v) is 5.62. The van der Waals surface area contributed by atoms with Gasteiger partial charge >= 0.3 is 6.09 Å². The number of aryl methyl sites for hydroxylation is 2. The smallest absolute Gasteiger partial charge is 0.407 e. The number of fused-ring (bicyclic) bond motifs is 3. The summed E-state index contributed by atoms with van der Waals surface area (Å²) in [6, 6.07) is 7.69. The summed E-state index contributed by atoms with van der Waals surface area (Å²) in [5.74, 6) is 0.780. The Hall–Kier alpha value is -2.83. The van der Waals surface area contributed by atoms with Gasteiger partial charge in [-0.1, -0.05) is 18.2 Å². The van der Waals surface area contributed by atoms with E-state index in [0.717, 1.165) is 42.0 Å². The molecule has 2 amide bonds. The molecule has 7 nitrogen and oxygen atoms in total. The summed E-state index contributed by atoms with van der Waals surface area (Å²) in [5, 5.41) is 9.17. The van der Waals surface area contributed by atoms with Crippen LogP contribution in [0.5, 0.6) is 0 Å². The molecule has 3 aliphatic rings.